The van der Waals surface area contributed by atoms with Crippen LogP contribution in [0.25, 0.3) is 0 Å². The monoisotopic (exact) mass is 519 g/mol. The van der Waals surface area contributed by atoms with Crippen molar-refractivity contribution < 1.29 is 43.9 Å². The molecule has 1 atom stereocenters. The summed E-state index contributed by atoms with van der Waals surface area (Å²) >= 11 is 0. The lowest BCUT2D eigenvalue weighted by Gasteiger charge is -2.17. The molecule has 35 heavy (non-hydrogen) atoms. The van der Waals surface area contributed by atoms with E-state index in [2.05, 4.69) is 0 Å². The molecule has 3 aromatic carbocycles. The van der Waals surface area contributed by atoms with E-state index in [-0.39, 0.29) is 11.5 Å². The molecule has 0 aliphatic rings. The molecule has 0 saturated heterocycles. The summed E-state index contributed by atoms with van der Waals surface area (Å²) in [5, 5.41) is 8.72. The first-order valence-electron chi connectivity index (χ1n) is 9.47. The van der Waals surface area contributed by atoms with Crippen LogP contribution in [0, 0.1) is 40.4 Å². The van der Waals surface area contributed by atoms with Crippen molar-refractivity contribution in [1.82, 2.24) is 0 Å². The second kappa shape index (κ2) is 10.8. The van der Waals surface area contributed by atoms with Gasteiger partial charge in [0.15, 0.2) is 28.1 Å². The first-order chi connectivity index (χ1) is 16.2. The van der Waals surface area contributed by atoms with Gasteiger partial charge < -0.3 is 12.9 Å². The van der Waals surface area contributed by atoms with Crippen LogP contribution < -0.4 is 5.46 Å². The van der Waals surface area contributed by atoms with Gasteiger partial charge in [0.25, 0.3) is 0 Å². The molecule has 0 heterocycles. The average Bonchev–Trinajstić information content (AvgIpc) is 2.81. The van der Waals surface area contributed by atoms with Gasteiger partial charge in [-0.15, -0.1) is 0 Å². The quantitative estimate of drug-likeness (QED) is 0.114. The molecule has 0 saturated carbocycles. The highest BCUT2D eigenvalue weighted by atomic mass is 32.2. The molecule has 0 fully saturated rings. The molecule has 0 radical (unpaired) electrons. The van der Waals surface area contributed by atoms with Gasteiger partial charge in [0.2, 0.25) is 5.78 Å². The van der Waals surface area contributed by atoms with Crippen molar-refractivity contribution in [3.05, 3.63) is 94.8 Å². The van der Waals surface area contributed by atoms with Crippen LogP contribution >= 0.6 is 0 Å². The standard InChI is InChI=1S/C16H14NO2S.C6BF8/c1-20(19,15-5-3-2-4-6-15)12-16(18)14-9-7-13(11-17)8-10-14;8-2-1(7(13,14)15)3(9)5(11)6(12)4(2)10/h2-10H,12H2,1H3;/q+1;-1. The van der Waals surface area contributed by atoms with Crippen LogP contribution in [0.4, 0.5) is 34.9 Å². The molecule has 0 spiro atoms. The molecule has 1 unspecified atom stereocenters. The lowest BCUT2D eigenvalue weighted by Crippen LogP contribution is -2.41. The summed E-state index contributed by atoms with van der Waals surface area (Å²) in [6.45, 7) is -6.30. The Morgan fingerprint density at radius 2 is 1.29 bits per heavy atom. The van der Waals surface area contributed by atoms with Crippen molar-refractivity contribution in [1.29, 1.82) is 5.26 Å². The first-order valence-corrected chi connectivity index (χ1v) is 11.6. The Hall–Kier alpha value is -3.53. The van der Waals surface area contributed by atoms with Crippen molar-refractivity contribution in [2.45, 2.75) is 4.90 Å². The van der Waals surface area contributed by atoms with Crippen molar-refractivity contribution in [3.8, 4) is 6.07 Å². The number of nitrogens with zero attached hydrogens (tertiary/aromatic N) is 1. The van der Waals surface area contributed by atoms with Crippen LogP contribution in [-0.2, 0) is 14.1 Å². The van der Waals surface area contributed by atoms with Crippen molar-refractivity contribution >= 4 is 28.2 Å². The molecule has 13 heteroatoms. The van der Waals surface area contributed by atoms with E-state index in [1.165, 1.54) is 0 Å². The number of halogens is 8. The van der Waals surface area contributed by atoms with Crippen LogP contribution in [0.3, 0.4) is 0 Å². The van der Waals surface area contributed by atoms with Crippen LogP contribution in [0.15, 0.2) is 59.5 Å². The smallest absolute Gasteiger partial charge is 0.445 e. The number of hydrogen-bond acceptors (Lipinski definition) is 3. The van der Waals surface area contributed by atoms with E-state index in [1.807, 2.05) is 24.3 Å². The van der Waals surface area contributed by atoms with Crippen LogP contribution in [0.2, 0.25) is 0 Å². The van der Waals surface area contributed by atoms with Crippen LogP contribution in [0.1, 0.15) is 15.9 Å². The number of ketones is 1. The summed E-state index contributed by atoms with van der Waals surface area (Å²) < 4.78 is 110. The summed E-state index contributed by atoms with van der Waals surface area (Å²) in [5.74, 6) is -13.8. The summed E-state index contributed by atoms with van der Waals surface area (Å²) in [7, 11) is -2.39. The van der Waals surface area contributed by atoms with Gasteiger partial charge in [0.1, 0.15) is 27.8 Å². The van der Waals surface area contributed by atoms with E-state index in [0.29, 0.717) is 16.0 Å². The summed E-state index contributed by atoms with van der Waals surface area (Å²) in [6.07, 6.45) is 1.60. The van der Waals surface area contributed by atoms with Gasteiger partial charge in [0.05, 0.1) is 11.6 Å². The van der Waals surface area contributed by atoms with Crippen molar-refractivity contribution in [2.24, 2.45) is 0 Å². The Morgan fingerprint density at radius 3 is 1.71 bits per heavy atom. The van der Waals surface area contributed by atoms with E-state index < -0.39 is 51.5 Å². The lowest BCUT2D eigenvalue weighted by atomic mass is 9.79. The highest BCUT2D eigenvalue weighted by Crippen LogP contribution is 2.21. The highest BCUT2D eigenvalue weighted by molar-refractivity contribution is 8.03. The lowest BCUT2D eigenvalue weighted by molar-refractivity contribution is 0.102. The first kappa shape index (κ1) is 27.7. The number of carbonyl (C=O) groups is 1. The Labute approximate surface area is 195 Å². The van der Waals surface area contributed by atoms with E-state index in [0.717, 1.165) is 0 Å². The Morgan fingerprint density at radius 1 is 0.829 bits per heavy atom. The van der Waals surface area contributed by atoms with Gasteiger partial charge in [-0.2, -0.15) is 5.26 Å². The van der Waals surface area contributed by atoms with E-state index in [9.17, 15) is 43.9 Å². The highest BCUT2D eigenvalue weighted by Gasteiger charge is 2.38. The van der Waals surface area contributed by atoms with E-state index >= 15 is 0 Å². The predicted molar refractivity (Wildman–Crippen MR) is 114 cm³/mol. The zero-order valence-corrected chi connectivity index (χ0v) is 18.5. The molecule has 0 aliphatic carbocycles. The number of nitriles is 1. The minimum atomic E-state index is -6.30. The maximum Gasteiger partial charge on any atom is 0.515 e. The van der Waals surface area contributed by atoms with Gasteiger partial charge in [-0.1, -0.05) is 22.4 Å². The van der Waals surface area contributed by atoms with Gasteiger partial charge in [-0.3, -0.25) is 4.79 Å². The Bertz CT molecular complexity index is 1290. The summed E-state index contributed by atoms with van der Waals surface area (Å²) in [4.78, 5) is 12.9. The topological polar surface area (TPSA) is 57.9 Å². The van der Waals surface area contributed by atoms with Gasteiger partial charge in [-0.05, 0) is 41.9 Å². The molecule has 0 bridgehead atoms. The molecular formula is C22H14BF8NO2S. The fraction of sp³-hybridized carbons (Fsp3) is 0.0909. The molecular weight excluding hydrogens is 505 g/mol. The molecule has 3 rings (SSSR count). The second-order valence-corrected chi connectivity index (χ2v) is 9.90. The number of hydrogen-bond donors (Lipinski definition) is 0. The van der Waals surface area contributed by atoms with Crippen LogP contribution in [-0.4, -0.2) is 24.8 Å². The van der Waals surface area contributed by atoms with Crippen molar-refractivity contribution in [2.75, 3.05) is 12.0 Å². The van der Waals surface area contributed by atoms with Crippen molar-refractivity contribution in [3.63, 3.8) is 0 Å². The van der Waals surface area contributed by atoms with E-state index in [1.54, 1.807) is 42.7 Å². The number of rotatable bonds is 5. The van der Waals surface area contributed by atoms with Gasteiger partial charge in [0, 0.05) is 5.56 Å². The maximum atomic E-state index is 12.6. The molecule has 0 N–H and O–H groups in total. The van der Waals surface area contributed by atoms with Crippen LogP contribution in [0.5, 0.6) is 0 Å². The molecule has 3 aromatic rings. The third-order valence-electron chi connectivity index (χ3n) is 4.56. The summed E-state index contributed by atoms with van der Waals surface area (Å²) in [5.41, 5.74) is -1.75. The van der Waals surface area contributed by atoms with Gasteiger partial charge >= 0.3 is 6.98 Å². The molecule has 0 aromatic heterocycles. The minimum absolute atomic E-state index is 0.0249. The molecule has 184 valence electrons. The Balaban J connectivity index is 0.000000258. The number of carbonyl (C=O) groups excluding carboxylic acids is 1. The minimum Gasteiger partial charge on any atom is -0.445 e. The second-order valence-electron chi connectivity index (χ2n) is 7.13. The fourth-order valence-electron chi connectivity index (χ4n) is 2.77. The SMILES string of the molecule is C[S+](=O)(CC(=O)c1ccc(C#N)cc1)c1ccccc1.Fc1c(F)c(F)c([B-](F)(F)F)c(F)c1F. The normalized spacial score (nSPS) is 12.7. The largest absolute Gasteiger partial charge is 0.515 e. The third-order valence-corrected chi connectivity index (χ3v) is 6.64. The zero-order valence-electron chi connectivity index (χ0n) is 17.7. The predicted octanol–water partition coefficient (Wildman–Crippen LogP) is 5.37. The van der Waals surface area contributed by atoms with E-state index in [4.69, 9.17) is 5.26 Å². The maximum absolute atomic E-state index is 12.6. The molecule has 3 nitrogen and oxygen atoms in total. The van der Waals surface area contributed by atoms with Gasteiger partial charge in [-0.25, -0.2) is 22.0 Å². The zero-order chi connectivity index (χ0) is 26.6. The number of benzene rings is 3. The molecule has 0 amide bonds. The Kier molecular flexibility index (Phi) is 8.57. The number of Topliss-reactive ketones (excluding diaryl/α,β-unsaturated/α-hetero) is 1. The molecule has 0 aliphatic heterocycles. The average molecular weight is 519 g/mol. The fourth-order valence-corrected chi connectivity index (χ4v) is 4.33. The summed E-state index contributed by atoms with van der Waals surface area (Å²) in [6, 6.07) is 17.4. The third kappa shape index (κ3) is 6.54.